The molecular formula is C23H26FN3O2. The molecule has 0 aliphatic carbocycles. The Morgan fingerprint density at radius 2 is 1.86 bits per heavy atom. The summed E-state index contributed by atoms with van der Waals surface area (Å²) in [6, 6.07) is 12.1. The van der Waals surface area contributed by atoms with Gasteiger partial charge in [-0.1, -0.05) is 24.3 Å². The number of carbonyl (C=O) groups is 2. The van der Waals surface area contributed by atoms with Crippen molar-refractivity contribution in [3.8, 4) is 0 Å². The van der Waals surface area contributed by atoms with Gasteiger partial charge in [-0.05, 0) is 48.7 Å². The molecule has 0 spiro atoms. The molecule has 5 nitrogen and oxygen atoms in total. The van der Waals surface area contributed by atoms with Crippen molar-refractivity contribution in [1.82, 2.24) is 9.80 Å². The Morgan fingerprint density at radius 1 is 1.07 bits per heavy atom. The Balaban J connectivity index is 1.54. The van der Waals surface area contributed by atoms with Gasteiger partial charge in [0.05, 0.1) is 6.04 Å². The number of hydrogen-bond donors (Lipinski definition) is 1. The first-order chi connectivity index (χ1) is 13.8. The zero-order valence-electron chi connectivity index (χ0n) is 17.0. The van der Waals surface area contributed by atoms with E-state index >= 15 is 0 Å². The van der Waals surface area contributed by atoms with Crippen LogP contribution in [-0.4, -0.2) is 41.4 Å². The molecule has 0 radical (unpaired) electrons. The van der Waals surface area contributed by atoms with Crippen molar-refractivity contribution in [3.05, 3.63) is 65.0 Å². The number of halogens is 1. The number of fused-ring (bicyclic) bond motifs is 1. The summed E-state index contributed by atoms with van der Waals surface area (Å²) in [7, 11) is 0. The van der Waals surface area contributed by atoms with Crippen LogP contribution in [0.5, 0.6) is 0 Å². The first kappa shape index (κ1) is 19.4. The molecule has 152 valence electrons. The molecule has 2 aromatic rings. The van der Waals surface area contributed by atoms with Gasteiger partial charge in [0.15, 0.2) is 0 Å². The third-order valence-corrected chi connectivity index (χ3v) is 6.18. The summed E-state index contributed by atoms with van der Waals surface area (Å²) in [6.07, 6.45) is 0. The second-order valence-corrected chi connectivity index (χ2v) is 8.25. The molecule has 2 fully saturated rings. The molecule has 2 aliphatic rings. The van der Waals surface area contributed by atoms with Crippen LogP contribution in [0.25, 0.3) is 0 Å². The lowest BCUT2D eigenvalue weighted by Gasteiger charge is -2.29. The average molecular weight is 395 g/mol. The van der Waals surface area contributed by atoms with E-state index in [9.17, 15) is 14.0 Å². The van der Waals surface area contributed by atoms with Crippen molar-refractivity contribution in [2.45, 2.75) is 26.8 Å². The Bertz CT molecular complexity index is 961. The molecule has 2 saturated heterocycles. The van der Waals surface area contributed by atoms with Gasteiger partial charge < -0.3 is 15.1 Å². The Kier molecular flexibility index (Phi) is 5.03. The lowest BCUT2D eigenvalue weighted by Crippen LogP contribution is -2.38. The monoisotopic (exact) mass is 395 g/mol. The maximum Gasteiger partial charge on any atom is 0.321 e. The number of aryl methyl sites for hydroxylation is 2. The largest absolute Gasteiger partial charge is 0.335 e. The van der Waals surface area contributed by atoms with Gasteiger partial charge in [-0.15, -0.1) is 0 Å². The van der Waals surface area contributed by atoms with Crippen LogP contribution in [0.1, 0.15) is 29.7 Å². The summed E-state index contributed by atoms with van der Waals surface area (Å²) < 4.78 is 13.8. The zero-order chi connectivity index (χ0) is 20.7. The SMILES string of the molecule is CC(=O)N1C[C@H]2CN(C(=O)Nc3cc(C)ccc3C)C[C@H]2[C@H]1c1cccc(F)c1. The van der Waals surface area contributed by atoms with E-state index in [2.05, 4.69) is 5.32 Å². The fraction of sp³-hybridized carbons (Fsp3) is 0.391. The van der Waals surface area contributed by atoms with Crippen LogP contribution in [0.4, 0.5) is 14.9 Å². The minimum atomic E-state index is -0.308. The molecule has 3 amide bonds. The first-order valence-corrected chi connectivity index (χ1v) is 9.99. The maximum atomic E-state index is 13.8. The minimum Gasteiger partial charge on any atom is -0.335 e. The van der Waals surface area contributed by atoms with Crippen molar-refractivity contribution >= 4 is 17.6 Å². The van der Waals surface area contributed by atoms with E-state index in [-0.39, 0.29) is 35.6 Å². The van der Waals surface area contributed by atoms with Crippen LogP contribution < -0.4 is 5.32 Å². The number of amides is 3. The van der Waals surface area contributed by atoms with Crippen LogP contribution >= 0.6 is 0 Å². The van der Waals surface area contributed by atoms with Crippen molar-refractivity contribution < 1.29 is 14.0 Å². The van der Waals surface area contributed by atoms with E-state index in [4.69, 9.17) is 0 Å². The fourth-order valence-electron chi connectivity index (χ4n) is 4.72. The van der Waals surface area contributed by atoms with Gasteiger partial charge in [0, 0.05) is 44.1 Å². The van der Waals surface area contributed by atoms with Crippen LogP contribution in [-0.2, 0) is 4.79 Å². The number of hydrogen-bond acceptors (Lipinski definition) is 2. The summed E-state index contributed by atoms with van der Waals surface area (Å²) in [5.74, 6) is -0.0291. The van der Waals surface area contributed by atoms with Crippen molar-refractivity contribution in [2.75, 3.05) is 25.0 Å². The molecule has 29 heavy (non-hydrogen) atoms. The molecule has 6 heteroatoms. The number of benzene rings is 2. The lowest BCUT2D eigenvalue weighted by atomic mass is 9.89. The summed E-state index contributed by atoms with van der Waals surface area (Å²) in [5, 5.41) is 3.03. The zero-order valence-corrected chi connectivity index (χ0v) is 17.0. The molecule has 2 aromatic carbocycles. The molecule has 0 saturated carbocycles. The Labute approximate surface area is 170 Å². The van der Waals surface area contributed by atoms with Gasteiger partial charge in [0.2, 0.25) is 5.91 Å². The van der Waals surface area contributed by atoms with Gasteiger partial charge in [0.1, 0.15) is 5.82 Å². The lowest BCUT2D eigenvalue weighted by molar-refractivity contribution is -0.130. The smallest absolute Gasteiger partial charge is 0.321 e. The van der Waals surface area contributed by atoms with Crippen molar-refractivity contribution in [1.29, 1.82) is 0 Å². The number of carbonyl (C=O) groups excluding carboxylic acids is 2. The second-order valence-electron chi connectivity index (χ2n) is 8.25. The Morgan fingerprint density at radius 3 is 2.59 bits per heavy atom. The van der Waals surface area contributed by atoms with Gasteiger partial charge in [0.25, 0.3) is 0 Å². The third-order valence-electron chi connectivity index (χ3n) is 6.18. The van der Waals surface area contributed by atoms with Crippen LogP contribution in [0.15, 0.2) is 42.5 Å². The molecule has 0 unspecified atom stereocenters. The molecule has 0 bridgehead atoms. The first-order valence-electron chi connectivity index (χ1n) is 9.99. The molecule has 2 heterocycles. The maximum absolute atomic E-state index is 13.8. The highest BCUT2D eigenvalue weighted by molar-refractivity contribution is 5.90. The standard InChI is InChI=1S/C23H26FN3O2/c1-14-7-8-15(2)21(9-14)25-23(29)26-11-18-12-27(16(3)28)22(20(18)13-26)17-5-4-6-19(24)10-17/h4-10,18,20,22H,11-13H2,1-3H3,(H,25,29)/t18-,20-,22-/m1/s1. The molecule has 0 aromatic heterocycles. The highest BCUT2D eigenvalue weighted by atomic mass is 19.1. The number of likely N-dealkylation sites (tertiary alicyclic amines) is 2. The number of anilines is 1. The molecular weight excluding hydrogens is 369 g/mol. The van der Waals surface area contributed by atoms with Crippen LogP contribution in [0, 0.1) is 31.5 Å². The molecule has 2 aliphatic heterocycles. The average Bonchev–Trinajstić information content (AvgIpc) is 3.22. The molecule has 3 atom stereocenters. The highest BCUT2D eigenvalue weighted by Crippen LogP contribution is 2.45. The van der Waals surface area contributed by atoms with Crippen LogP contribution in [0.2, 0.25) is 0 Å². The van der Waals surface area contributed by atoms with E-state index in [0.717, 1.165) is 22.4 Å². The van der Waals surface area contributed by atoms with E-state index in [0.29, 0.717) is 19.6 Å². The minimum absolute atomic E-state index is 0.0138. The Hall–Kier alpha value is -2.89. The van der Waals surface area contributed by atoms with E-state index in [1.54, 1.807) is 13.0 Å². The highest BCUT2D eigenvalue weighted by Gasteiger charge is 2.49. The van der Waals surface area contributed by atoms with Gasteiger partial charge in [-0.3, -0.25) is 4.79 Å². The van der Waals surface area contributed by atoms with Gasteiger partial charge >= 0.3 is 6.03 Å². The molecule has 4 rings (SSSR count). The molecule has 1 N–H and O–H groups in total. The summed E-state index contributed by atoms with van der Waals surface area (Å²) in [5.41, 5.74) is 3.72. The number of nitrogens with one attached hydrogen (secondary N) is 1. The predicted octanol–water partition coefficient (Wildman–Crippen LogP) is 4.13. The second kappa shape index (κ2) is 7.50. The van der Waals surface area contributed by atoms with Crippen molar-refractivity contribution in [3.63, 3.8) is 0 Å². The normalized spacial score (nSPS) is 23.2. The number of urea groups is 1. The number of nitrogens with zero attached hydrogens (tertiary/aromatic N) is 2. The van der Waals surface area contributed by atoms with E-state index < -0.39 is 0 Å². The van der Waals surface area contributed by atoms with E-state index in [1.165, 1.54) is 12.1 Å². The summed E-state index contributed by atoms with van der Waals surface area (Å²) in [4.78, 5) is 28.8. The van der Waals surface area contributed by atoms with Crippen LogP contribution in [0.3, 0.4) is 0 Å². The van der Waals surface area contributed by atoms with Gasteiger partial charge in [-0.2, -0.15) is 0 Å². The van der Waals surface area contributed by atoms with Crippen molar-refractivity contribution in [2.24, 2.45) is 11.8 Å². The quantitative estimate of drug-likeness (QED) is 0.831. The summed E-state index contributed by atoms with van der Waals surface area (Å²) in [6.45, 7) is 7.25. The fourth-order valence-corrected chi connectivity index (χ4v) is 4.72. The number of rotatable bonds is 2. The third kappa shape index (κ3) is 3.71. The van der Waals surface area contributed by atoms with Gasteiger partial charge in [-0.25, -0.2) is 9.18 Å². The summed E-state index contributed by atoms with van der Waals surface area (Å²) >= 11 is 0. The topological polar surface area (TPSA) is 52.7 Å². The predicted molar refractivity (Wildman–Crippen MR) is 110 cm³/mol. The van der Waals surface area contributed by atoms with E-state index in [1.807, 2.05) is 47.9 Å².